The van der Waals surface area contributed by atoms with Gasteiger partial charge in [0.15, 0.2) is 6.61 Å². The number of nitrogens with one attached hydrogen (secondary N) is 1. The second kappa shape index (κ2) is 8.35. The Balaban J connectivity index is 1.98. The molecule has 7 heteroatoms. The summed E-state index contributed by atoms with van der Waals surface area (Å²) in [7, 11) is 3.34. The zero-order valence-electron chi connectivity index (χ0n) is 13.8. The number of carbonyl (C=O) groups is 2. The topological polar surface area (TPSA) is 71.5 Å². The van der Waals surface area contributed by atoms with Crippen molar-refractivity contribution >= 4 is 29.3 Å². The molecule has 0 fully saturated rings. The third kappa shape index (κ3) is 4.73. The molecule has 0 aliphatic heterocycles. The van der Waals surface area contributed by atoms with E-state index < -0.39 is 0 Å². The molecule has 0 bridgehead atoms. The fraction of sp³-hybridized carbons (Fsp3) is 0.235. The number of anilines is 1. The first-order chi connectivity index (χ1) is 11.5. The van der Waals surface area contributed by atoms with Gasteiger partial charge in [0.25, 0.3) is 11.8 Å². The summed E-state index contributed by atoms with van der Waals surface area (Å²) in [6.07, 6.45) is 3.53. The molecule has 24 heavy (non-hydrogen) atoms. The molecule has 0 unspecified atom stereocenters. The lowest BCUT2D eigenvalue weighted by Gasteiger charge is -2.12. The number of likely N-dealkylation sites (N-methyl/N-ethyl adjacent to an activating group) is 1. The van der Waals surface area contributed by atoms with Crippen molar-refractivity contribution in [3.8, 4) is 5.75 Å². The van der Waals surface area contributed by atoms with Crippen LogP contribution in [-0.4, -0.2) is 48.7 Å². The quantitative estimate of drug-likeness (QED) is 0.815. The number of nitrogens with zero attached hydrogens (tertiary/aromatic N) is 2. The van der Waals surface area contributed by atoms with Crippen LogP contribution in [0.15, 0.2) is 47.6 Å². The lowest BCUT2D eigenvalue weighted by molar-refractivity contribution is -0.130. The van der Waals surface area contributed by atoms with Crippen molar-refractivity contribution in [1.29, 1.82) is 0 Å². The number of ether oxygens (including phenoxy) is 1. The zero-order valence-corrected chi connectivity index (χ0v) is 14.6. The molecular weight excluding hydrogens is 326 g/mol. The number of pyridine rings is 1. The first-order valence-electron chi connectivity index (χ1n) is 7.24. The minimum Gasteiger partial charge on any atom is -0.484 e. The first kappa shape index (κ1) is 17.8. The Kier molecular flexibility index (Phi) is 6.20. The fourth-order valence-corrected chi connectivity index (χ4v) is 2.38. The highest BCUT2D eigenvalue weighted by Crippen LogP contribution is 2.20. The van der Waals surface area contributed by atoms with Crippen LogP contribution in [-0.2, 0) is 4.79 Å². The predicted molar refractivity (Wildman–Crippen MR) is 94.6 cm³/mol. The van der Waals surface area contributed by atoms with Gasteiger partial charge in [-0.3, -0.25) is 9.59 Å². The Morgan fingerprint density at radius 3 is 2.54 bits per heavy atom. The molecule has 2 aromatic rings. The minimum absolute atomic E-state index is 0.0223. The average Bonchev–Trinajstić information content (AvgIpc) is 2.60. The van der Waals surface area contributed by atoms with E-state index in [2.05, 4.69) is 10.3 Å². The molecule has 0 saturated heterocycles. The van der Waals surface area contributed by atoms with E-state index in [4.69, 9.17) is 4.74 Å². The highest BCUT2D eigenvalue weighted by molar-refractivity contribution is 7.98. The molecule has 2 amide bonds. The van der Waals surface area contributed by atoms with Crippen LogP contribution in [0.2, 0.25) is 0 Å². The minimum atomic E-state index is -0.219. The lowest BCUT2D eigenvalue weighted by atomic mass is 10.2. The summed E-state index contributed by atoms with van der Waals surface area (Å²) in [5.41, 5.74) is 1.17. The van der Waals surface area contributed by atoms with Crippen molar-refractivity contribution in [2.24, 2.45) is 0 Å². The van der Waals surface area contributed by atoms with Gasteiger partial charge in [0.1, 0.15) is 10.8 Å². The Morgan fingerprint density at radius 1 is 1.21 bits per heavy atom. The van der Waals surface area contributed by atoms with Gasteiger partial charge in [0.2, 0.25) is 0 Å². The zero-order chi connectivity index (χ0) is 17.5. The van der Waals surface area contributed by atoms with Gasteiger partial charge in [0.05, 0.1) is 5.56 Å². The Labute approximate surface area is 145 Å². The van der Waals surface area contributed by atoms with E-state index in [-0.39, 0.29) is 18.4 Å². The SMILES string of the molecule is CSc1ncccc1C(=O)Nc1ccc(OCC(=O)N(C)C)cc1. The van der Waals surface area contributed by atoms with Gasteiger partial charge in [-0.25, -0.2) is 4.98 Å². The number of benzene rings is 1. The van der Waals surface area contributed by atoms with Crippen molar-refractivity contribution in [1.82, 2.24) is 9.88 Å². The molecule has 1 heterocycles. The molecular formula is C17H19N3O3S. The highest BCUT2D eigenvalue weighted by atomic mass is 32.2. The molecule has 0 saturated carbocycles. The monoisotopic (exact) mass is 345 g/mol. The third-order valence-electron chi connectivity index (χ3n) is 3.18. The van der Waals surface area contributed by atoms with E-state index in [0.717, 1.165) is 0 Å². The molecule has 0 atom stereocenters. The standard InChI is InChI=1S/C17H19N3O3S/c1-20(2)15(21)11-23-13-8-6-12(7-9-13)19-16(22)14-5-4-10-18-17(14)24-3/h4-10H,11H2,1-3H3,(H,19,22). The van der Waals surface area contributed by atoms with Gasteiger partial charge >= 0.3 is 0 Å². The van der Waals surface area contributed by atoms with Gasteiger partial charge in [-0.1, -0.05) is 0 Å². The molecule has 0 aliphatic carbocycles. The number of aromatic nitrogens is 1. The van der Waals surface area contributed by atoms with Gasteiger partial charge in [-0.15, -0.1) is 11.8 Å². The van der Waals surface area contributed by atoms with Crippen LogP contribution in [0.25, 0.3) is 0 Å². The summed E-state index contributed by atoms with van der Waals surface area (Å²) in [5, 5.41) is 3.50. The number of hydrogen-bond acceptors (Lipinski definition) is 5. The third-order valence-corrected chi connectivity index (χ3v) is 3.89. The van der Waals surface area contributed by atoms with Crippen LogP contribution in [0.1, 0.15) is 10.4 Å². The highest BCUT2D eigenvalue weighted by Gasteiger charge is 2.12. The number of amides is 2. The second-order valence-electron chi connectivity index (χ2n) is 5.12. The normalized spacial score (nSPS) is 10.1. The number of rotatable bonds is 6. The van der Waals surface area contributed by atoms with E-state index in [9.17, 15) is 9.59 Å². The summed E-state index contributed by atoms with van der Waals surface area (Å²) in [4.78, 5) is 29.4. The smallest absolute Gasteiger partial charge is 0.259 e. The van der Waals surface area contributed by atoms with Gasteiger partial charge < -0.3 is 15.0 Å². The van der Waals surface area contributed by atoms with Crippen molar-refractivity contribution in [2.45, 2.75) is 5.03 Å². The van der Waals surface area contributed by atoms with Gasteiger partial charge in [-0.05, 0) is 42.7 Å². The van der Waals surface area contributed by atoms with Crippen LogP contribution >= 0.6 is 11.8 Å². The van der Waals surface area contributed by atoms with Crippen molar-refractivity contribution in [2.75, 3.05) is 32.3 Å². The first-order valence-corrected chi connectivity index (χ1v) is 8.47. The molecule has 1 N–H and O–H groups in total. The molecule has 0 aliphatic rings. The predicted octanol–water partition coefficient (Wildman–Crippen LogP) is 2.52. The van der Waals surface area contributed by atoms with Gasteiger partial charge in [0, 0.05) is 26.0 Å². The second-order valence-corrected chi connectivity index (χ2v) is 5.91. The number of hydrogen-bond donors (Lipinski definition) is 1. The molecule has 0 spiro atoms. The lowest BCUT2D eigenvalue weighted by Crippen LogP contribution is -2.27. The summed E-state index contributed by atoms with van der Waals surface area (Å²) >= 11 is 1.42. The van der Waals surface area contributed by atoms with Crippen LogP contribution in [0.5, 0.6) is 5.75 Å². The molecule has 2 rings (SSSR count). The summed E-state index contributed by atoms with van der Waals surface area (Å²) in [6, 6.07) is 10.3. The van der Waals surface area contributed by atoms with Crippen LogP contribution in [0, 0.1) is 0 Å². The van der Waals surface area contributed by atoms with E-state index in [1.165, 1.54) is 16.7 Å². The van der Waals surface area contributed by atoms with E-state index >= 15 is 0 Å². The van der Waals surface area contributed by atoms with Crippen LogP contribution < -0.4 is 10.1 Å². The molecule has 1 aromatic carbocycles. The summed E-state index contributed by atoms with van der Waals surface area (Å²) in [6.45, 7) is -0.0223. The van der Waals surface area contributed by atoms with Crippen molar-refractivity contribution < 1.29 is 14.3 Å². The van der Waals surface area contributed by atoms with Crippen LogP contribution in [0.4, 0.5) is 5.69 Å². The van der Waals surface area contributed by atoms with E-state index in [1.54, 1.807) is 56.7 Å². The molecule has 0 radical (unpaired) electrons. The largest absolute Gasteiger partial charge is 0.484 e. The van der Waals surface area contributed by atoms with Gasteiger partial charge in [-0.2, -0.15) is 0 Å². The maximum Gasteiger partial charge on any atom is 0.259 e. The number of thioether (sulfide) groups is 1. The average molecular weight is 345 g/mol. The van der Waals surface area contributed by atoms with Crippen molar-refractivity contribution in [3.63, 3.8) is 0 Å². The fourth-order valence-electron chi connectivity index (χ4n) is 1.83. The molecule has 6 nitrogen and oxygen atoms in total. The Morgan fingerprint density at radius 2 is 1.92 bits per heavy atom. The maximum atomic E-state index is 12.3. The van der Waals surface area contributed by atoms with E-state index in [1.807, 2.05) is 6.26 Å². The number of carbonyl (C=O) groups excluding carboxylic acids is 2. The maximum absolute atomic E-state index is 12.3. The summed E-state index contributed by atoms with van der Waals surface area (Å²) < 4.78 is 5.39. The van der Waals surface area contributed by atoms with Crippen molar-refractivity contribution in [3.05, 3.63) is 48.2 Å². The Hall–Kier alpha value is -2.54. The molecule has 1 aromatic heterocycles. The Bertz CT molecular complexity index is 717. The van der Waals surface area contributed by atoms with Crippen LogP contribution in [0.3, 0.4) is 0 Å². The summed E-state index contributed by atoms with van der Waals surface area (Å²) in [5.74, 6) is 0.229. The van der Waals surface area contributed by atoms with E-state index in [0.29, 0.717) is 22.0 Å². The molecule has 126 valence electrons.